The topological polar surface area (TPSA) is 46.2 Å². The van der Waals surface area contributed by atoms with E-state index in [1.807, 2.05) is 54.6 Å². The molecule has 0 spiro atoms. The third-order valence-corrected chi connectivity index (χ3v) is 3.60. The Balaban J connectivity index is 1.95. The maximum absolute atomic E-state index is 11.8. The lowest BCUT2D eigenvalue weighted by atomic mass is 9.98. The van der Waals surface area contributed by atoms with Crippen LogP contribution < -0.4 is 16.2 Å². The molecule has 1 N–H and O–H groups in total. The number of benzene rings is 2. The van der Waals surface area contributed by atoms with Gasteiger partial charge in [-0.25, -0.2) is 0 Å². The van der Waals surface area contributed by atoms with Gasteiger partial charge in [-0.1, -0.05) is 49.4 Å². The van der Waals surface area contributed by atoms with Crippen LogP contribution in [-0.2, 0) is 6.42 Å². The summed E-state index contributed by atoms with van der Waals surface area (Å²) in [4.78, 5) is 23.6. The van der Waals surface area contributed by atoms with Gasteiger partial charge in [0.1, 0.15) is 5.69 Å². The lowest BCUT2D eigenvalue weighted by Gasteiger charge is -2.13. The summed E-state index contributed by atoms with van der Waals surface area (Å²) < 4.78 is 0. The zero-order valence-electron chi connectivity index (χ0n) is 11.7. The van der Waals surface area contributed by atoms with Gasteiger partial charge >= 0.3 is 0 Å². The third-order valence-electron chi connectivity index (χ3n) is 3.60. The van der Waals surface area contributed by atoms with E-state index in [4.69, 9.17) is 0 Å². The van der Waals surface area contributed by atoms with Gasteiger partial charge in [-0.3, -0.25) is 9.59 Å². The van der Waals surface area contributed by atoms with Gasteiger partial charge < -0.3 is 5.32 Å². The van der Waals surface area contributed by atoms with Gasteiger partial charge in [-0.15, -0.1) is 0 Å². The summed E-state index contributed by atoms with van der Waals surface area (Å²) >= 11 is 0. The Labute approximate surface area is 122 Å². The van der Waals surface area contributed by atoms with Crippen LogP contribution in [0, 0.1) is 0 Å². The first kappa shape index (κ1) is 13.3. The predicted octanol–water partition coefficient (Wildman–Crippen LogP) is 3.26. The van der Waals surface area contributed by atoms with Gasteiger partial charge in [0.05, 0.1) is 5.56 Å². The summed E-state index contributed by atoms with van der Waals surface area (Å²) in [5.41, 5.74) is 2.80. The predicted molar refractivity (Wildman–Crippen MR) is 85.9 cm³/mol. The Kier molecular flexibility index (Phi) is 3.40. The fourth-order valence-electron chi connectivity index (χ4n) is 2.36. The molecule has 0 heterocycles. The molecule has 0 fully saturated rings. The zero-order valence-corrected chi connectivity index (χ0v) is 11.7. The second kappa shape index (κ2) is 5.37. The molecule has 0 unspecified atom stereocenters. The Morgan fingerprint density at radius 3 is 2.14 bits per heavy atom. The van der Waals surface area contributed by atoms with Crippen LogP contribution in [0.2, 0.25) is 0 Å². The molecule has 0 aromatic heterocycles. The van der Waals surface area contributed by atoms with E-state index in [2.05, 4.69) is 12.2 Å². The summed E-state index contributed by atoms with van der Waals surface area (Å²) in [6, 6.07) is 17.1. The first-order chi connectivity index (χ1) is 10.2. The third kappa shape index (κ3) is 2.38. The Morgan fingerprint density at radius 1 is 0.857 bits per heavy atom. The lowest BCUT2D eigenvalue weighted by molar-refractivity contribution is 1.14. The molecular formula is C18H15NO2. The molecule has 3 aromatic carbocycles. The van der Waals surface area contributed by atoms with Gasteiger partial charge in [0.15, 0.2) is 0 Å². The van der Waals surface area contributed by atoms with Crippen molar-refractivity contribution in [2.75, 3.05) is 5.32 Å². The highest BCUT2D eigenvalue weighted by Crippen LogP contribution is 2.26. The monoisotopic (exact) mass is 277 g/mol. The van der Waals surface area contributed by atoms with Crippen molar-refractivity contribution in [1.82, 2.24) is 0 Å². The van der Waals surface area contributed by atoms with Crippen LogP contribution in [0.3, 0.4) is 0 Å². The molecule has 21 heavy (non-hydrogen) atoms. The normalized spacial score (nSPS) is 10.7. The van der Waals surface area contributed by atoms with Crippen molar-refractivity contribution >= 4 is 11.4 Å². The molecule has 0 saturated carbocycles. The minimum absolute atomic E-state index is 0.385. The summed E-state index contributed by atoms with van der Waals surface area (Å²) in [6.45, 7) is 2.09. The SMILES string of the molecule is CCc1ccc(Nc2c(-c3ccccc3)c(=O)c2=O)cc1. The molecule has 0 aliphatic heterocycles. The number of anilines is 2. The van der Waals surface area contributed by atoms with Gasteiger partial charge in [-0.2, -0.15) is 0 Å². The van der Waals surface area contributed by atoms with Crippen LogP contribution >= 0.6 is 0 Å². The fraction of sp³-hybridized carbons (Fsp3) is 0.111. The zero-order chi connectivity index (χ0) is 14.8. The first-order valence-corrected chi connectivity index (χ1v) is 6.95. The molecule has 3 nitrogen and oxygen atoms in total. The average Bonchev–Trinajstić information content (AvgIpc) is 2.55. The van der Waals surface area contributed by atoms with E-state index in [1.165, 1.54) is 5.56 Å². The minimum atomic E-state index is -0.451. The minimum Gasteiger partial charge on any atom is -0.352 e. The summed E-state index contributed by atoms with van der Waals surface area (Å²) in [7, 11) is 0. The van der Waals surface area contributed by atoms with Crippen molar-refractivity contribution in [3.8, 4) is 11.1 Å². The number of nitrogens with one attached hydrogen (secondary N) is 1. The number of aryl methyl sites for hydroxylation is 1. The van der Waals surface area contributed by atoms with Crippen molar-refractivity contribution in [2.45, 2.75) is 13.3 Å². The Morgan fingerprint density at radius 2 is 1.52 bits per heavy atom. The summed E-state index contributed by atoms with van der Waals surface area (Å²) in [5.74, 6) is 0. The largest absolute Gasteiger partial charge is 0.352 e. The van der Waals surface area contributed by atoms with E-state index in [1.54, 1.807) is 0 Å². The summed E-state index contributed by atoms with van der Waals surface area (Å²) in [5, 5.41) is 3.07. The van der Waals surface area contributed by atoms with Gasteiger partial charge in [-0.05, 0) is 29.7 Å². The van der Waals surface area contributed by atoms with E-state index in [0.29, 0.717) is 11.3 Å². The highest BCUT2D eigenvalue weighted by atomic mass is 16.2. The van der Waals surface area contributed by atoms with Crippen molar-refractivity contribution < 1.29 is 0 Å². The Bertz CT molecular complexity index is 826. The van der Waals surface area contributed by atoms with Gasteiger partial charge in [0.2, 0.25) is 5.43 Å². The second-order valence-electron chi connectivity index (χ2n) is 4.95. The quantitative estimate of drug-likeness (QED) is 0.745. The van der Waals surface area contributed by atoms with Gasteiger partial charge in [0, 0.05) is 5.69 Å². The van der Waals surface area contributed by atoms with Gasteiger partial charge in [0.25, 0.3) is 5.43 Å². The lowest BCUT2D eigenvalue weighted by Crippen LogP contribution is -2.35. The molecular weight excluding hydrogens is 262 g/mol. The molecule has 0 aliphatic carbocycles. The van der Waals surface area contributed by atoms with Crippen LogP contribution in [0.1, 0.15) is 12.5 Å². The standard InChI is InChI=1S/C18H15NO2/c1-2-12-8-10-14(11-9-12)19-16-15(17(20)18(16)21)13-6-4-3-5-7-13/h3-11,19H,2H2,1H3. The van der Waals surface area contributed by atoms with E-state index in [0.717, 1.165) is 17.7 Å². The van der Waals surface area contributed by atoms with Crippen LogP contribution in [0.25, 0.3) is 11.1 Å². The maximum Gasteiger partial charge on any atom is 0.250 e. The molecule has 0 radical (unpaired) electrons. The smallest absolute Gasteiger partial charge is 0.250 e. The first-order valence-electron chi connectivity index (χ1n) is 6.95. The molecule has 3 rings (SSSR count). The number of rotatable bonds is 4. The van der Waals surface area contributed by atoms with E-state index < -0.39 is 10.9 Å². The van der Waals surface area contributed by atoms with Crippen LogP contribution in [0.4, 0.5) is 11.4 Å². The van der Waals surface area contributed by atoms with E-state index >= 15 is 0 Å². The molecule has 0 amide bonds. The van der Waals surface area contributed by atoms with Crippen LogP contribution in [0.5, 0.6) is 0 Å². The fourth-order valence-corrected chi connectivity index (χ4v) is 2.36. The average molecular weight is 277 g/mol. The van der Waals surface area contributed by atoms with Crippen LogP contribution in [-0.4, -0.2) is 0 Å². The molecule has 3 heteroatoms. The highest BCUT2D eigenvalue weighted by molar-refractivity contribution is 5.84. The molecule has 3 aromatic rings. The molecule has 104 valence electrons. The number of hydrogen-bond acceptors (Lipinski definition) is 3. The van der Waals surface area contributed by atoms with E-state index in [-0.39, 0.29) is 0 Å². The summed E-state index contributed by atoms with van der Waals surface area (Å²) in [6.07, 6.45) is 0.968. The molecule has 0 atom stereocenters. The second-order valence-corrected chi connectivity index (χ2v) is 4.95. The molecule has 0 saturated heterocycles. The molecule has 0 aliphatic rings. The maximum atomic E-state index is 11.8. The number of hydrogen-bond donors (Lipinski definition) is 1. The van der Waals surface area contributed by atoms with Crippen LogP contribution in [0.15, 0.2) is 64.2 Å². The Hall–Kier alpha value is -2.68. The van der Waals surface area contributed by atoms with Crippen molar-refractivity contribution in [1.29, 1.82) is 0 Å². The van der Waals surface area contributed by atoms with E-state index in [9.17, 15) is 9.59 Å². The highest BCUT2D eigenvalue weighted by Gasteiger charge is 2.21. The molecule has 0 bridgehead atoms. The van der Waals surface area contributed by atoms with Crippen molar-refractivity contribution in [3.05, 3.63) is 80.6 Å². The van der Waals surface area contributed by atoms with Crippen molar-refractivity contribution in [2.24, 2.45) is 0 Å². The van der Waals surface area contributed by atoms with Crippen molar-refractivity contribution in [3.63, 3.8) is 0 Å².